The number of hydrogen-bond acceptors (Lipinski definition) is 3. The number of hydrogen-bond donors (Lipinski definition) is 1. The van der Waals surface area contributed by atoms with E-state index in [-0.39, 0.29) is 6.04 Å². The fourth-order valence-electron chi connectivity index (χ4n) is 2.28. The molecule has 1 atom stereocenters. The van der Waals surface area contributed by atoms with Crippen molar-refractivity contribution in [3.05, 3.63) is 33.8 Å². The molecule has 5 nitrogen and oxygen atoms in total. The van der Waals surface area contributed by atoms with Gasteiger partial charge in [0.25, 0.3) is 0 Å². The molecule has 2 aromatic heterocycles. The Balaban J connectivity index is 2.43. The number of nitrogens with zero attached hydrogens (tertiary/aromatic N) is 4. The standard InChI is InChI=1S/C13H20BrN5/c1-4-6-19-13(10(14)8-16-19)12(15)11-7-9(3)17-18(11)5-2/h7-8,12H,4-6,15H2,1-3H3. The summed E-state index contributed by atoms with van der Waals surface area (Å²) in [5, 5.41) is 8.83. The predicted octanol–water partition coefficient (Wildman–Crippen LogP) is 2.63. The molecule has 1 unspecified atom stereocenters. The second-order valence-electron chi connectivity index (χ2n) is 4.60. The molecule has 19 heavy (non-hydrogen) atoms. The molecule has 0 aromatic carbocycles. The first-order valence-electron chi connectivity index (χ1n) is 6.59. The molecule has 2 N–H and O–H groups in total. The van der Waals surface area contributed by atoms with Crippen LogP contribution in [0.4, 0.5) is 0 Å². The van der Waals surface area contributed by atoms with E-state index < -0.39 is 0 Å². The third kappa shape index (κ3) is 2.74. The van der Waals surface area contributed by atoms with Crippen molar-refractivity contribution in [1.29, 1.82) is 0 Å². The van der Waals surface area contributed by atoms with Gasteiger partial charge in [-0.05, 0) is 42.3 Å². The van der Waals surface area contributed by atoms with Gasteiger partial charge in [-0.15, -0.1) is 0 Å². The van der Waals surface area contributed by atoms with E-state index in [1.165, 1.54) is 0 Å². The molecule has 6 heteroatoms. The summed E-state index contributed by atoms with van der Waals surface area (Å²) in [4.78, 5) is 0. The molecular weight excluding hydrogens is 306 g/mol. The van der Waals surface area contributed by atoms with Crippen LogP contribution in [0.2, 0.25) is 0 Å². The SMILES string of the molecule is CCCn1ncc(Br)c1C(N)c1cc(C)nn1CC. The summed E-state index contributed by atoms with van der Waals surface area (Å²) in [6.07, 6.45) is 2.84. The molecule has 0 aliphatic rings. The van der Waals surface area contributed by atoms with Crippen molar-refractivity contribution in [3.63, 3.8) is 0 Å². The first-order chi connectivity index (χ1) is 9.08. The molecule has 0 aliphatic carbocycles. The van der Waals surface area contributed by atoms with Crippen LogP contribution in [-0.2, 0) is 13.1 Å². The van der Waals surface area contributed by atoms with Crippen molar-refractivity contribution < 1.29 is 0 Å². The Morgan fingerprint density at radius 2 is 2.11 bits per heavy atom. The van der Waals surface area contributed by atoms with E-state index in [1.807, 2.05) is 28.6 Å². The molecule has 0 radical (unpaired) electrons. The van der Waals surface area contributed by atoms with E-state index in [4.69, 9.17) is 5.73 Å². The van der Waals surface area contributed by atoms with Gasteiger partial charge < -0.3 is 5.73 Å². The van der Waals surface area contributed by atoms with Crippen molar-refractivity contribution in [2.24, 2.45) is 5.73 Å². The van der Waals surface area contributed by atoms with Gasteiger partial charge in [0.05, 0.1) is 33.8 Å². The van der Waals surface area contributed by atoms with Gasteiger partial charge in [-0.1, -0.05) is 6.92 Å². The van der Waals surface area contributed by atoms with Gasteiger partial charge in [-0.2, -0.15) is 10.2 Å². The third-order valence-corrected chi connectivity index (χ3v) is 3.73. The fourth-order valence-corrected chi connectivity index (χ4v) is 2.82. The molecule has 0 amide bonds. The topological polar surface area (TPSA) is 61.7 Å². The summed E-state index contributed by atoms with van der Waals surface area (Å²) in [6.45, 7) is 7.87. The largest absolute Gasteiger partial charge is 0.318 e. The maximum Gasteiger partial charge on any atom is 0.0905 e. The molecule has 104 valence electrons. The summed E-state index contributed by atoms with van der Waals surface area (Å²) in [6, 6.07) is 1.83. The van der Waals surface area contributed by atoms with Gasteiger partial charge in [-0.25, -0.2) is 0 Å². The Labute approximate surface area is 121 Å². The van der Waals surface area contributed by atoms with Crippen molar-refractivity contribution in [1.82, 2.24) is 19.6 Å². The van der Waals surface area contributed by atoms with E-state index in [9.17, 15) is 0 Å². The van der Waals surface area contributed by atoms with Gasteiger partial charge in [-0.3, -0.25) is 9.36 Å². The highest BCUT2D eigenvalue weighted by Gasteiger charge is 2.21. The van der Waals surface area contributed by atoms with Gasteiger partial charge in [0.2, 0.25) is 0 Å². The number of nitrogens with two attached hydrogens (primary N) is 1. The van der Waals surface area contributed by atoms with E-state index in [0.29, 0.717) is 0 Å². The Morgan fingerprint density at radius 3 is 2.74 bits per heavy atom. The zero-order valence-corrected chi connectivity index (χ0v) is 13.2. The molecule has 2 aromatic rings. The lowest BCUT2D eigenvalue weighted by Gasteiger charge is -2.16. The monoisotopic (exact) mass is 325 g/mol. The highest BCUT2D eigenvalue weighted by atomic mass is 79.9. The van der Waals surface area contributed by atoms with Crippen LogP contribution in [0.25, 0.3) is 0 Å². The van der Waals surface area contributed by atoms with Crippen molar-refractivity contribution >= 4 is 15.9 Å². The minimum Gasteiger partial charge on any atom is -0.318 e. The van der Waals surface area contributed by atoms with Crippen LogP contribution in [0.1, 0.15) is 43.4 Å². The maximum atomic E-state index is 6.43. The number of aromatic nitrogens is 4. The molecule has 0 saturated carbocycles. The molecular formula is C13H20BrN5. The van der Waals surface area contributed by atoms with Crippen molar-refractivity contribution in [3.8, 4) is 0 Å². The van der Waals surface area contributed by atoms with Crippen LogP contribution in [0, 0.1) is 6.92 Å². The van der Waals surface area contributed by atoms with Crippen molar-refractivity contribution in [2.45, 2.75) is 46.3 Å². The summed E-state index contributed by atoms with van der Waals surface area (Å²) < 4.78 is 4.88. The molecule has 2 heterocycles. The van der Waals surface area contributed by atoms with Crippen LogP contribution in [0.5, 0.6) is 0 Å². The fraction of sp³-hybridized carbons (Fsp3) is 0.538. The van der Waals surface area contributed by atoms with Crippen molar-refractivity contribution in [2.75, 3.05) is 0 Å². The second-order valence-corrected chi connectivity index (χ2v) is 5.46. The van der Waals surface area contributed by atoms with Crippen LogP contribution in [0.3, 0.4) is 0 Å². The van der Waals surface area contributed by atoms with Crippen LogP contribution >= 0.6 is 15.9 Å². The Bertz CT molecular complexity index is 557. The minimum absolute atomic E-state index is 0.218. The number of aryl methyl sites for hydroxylation is 3. The average Bonchev–Trinajstić information content (AvgIpc) is 2.93. The lowest BCUT2D eigenvalue weighted by atomic mass is 10.1. The van der Waals surface area contributed by atoms with Gasteiger partial charge in [0, 0.05) is 13.1 Å². The lowest BCUT2D eigenvalue weighted by molar-refractivity contribution is 0.535. The maximum absolute atomic E-state index is 6.43. The summed E-state index contributed by atoms with van der Waals surface area (Å²) >= 11 is 3.55. The summed E-state index contributed by atoms with van der Waals surface area (Å²) in [5.41, 5.74) is 9.46. The van der Waals surface area contributed by atoms with Gasteiger partial charge in [0.1, 0.15) is 0 Å². The second kappa shape index (κ2) is 5.88. The molecule has 0 saturated heterocycles. The quantitative estimate of drug-likeness (QED) is 0.919. The van der Waals surface area contributed by atoms with Crippen LogP contribution in [0.15, 0.2) is 16.7 Å². The first-order valence-corrected chi connectivity index (χ1v) is 7.38. The van der Waals surface area contributed by atoms with Gasteiger partial charge in [0.15, 0.2) is 0 Å². The Morgan fingerprint density at radius 1 is 1.37 bits per heavy atom. The highest BCUT2D eigenvalue weighted by Crippen LogP contribution is 2.27. The molecule has 2 rings (SSSR count). The molecule has 0 fully saturated rings. The molecule has 0 spiro atoms. The minimum atomic E-state index is -0.218. The van der Waals surface area contributed by atoms with E-state index in [2.05, 4.69) is 40.0 Å². The lowest BCUT2D eigenvalue weighted by Crippen LogP contribution is -2.21. The smallest absolute Gasteiger partial charge is 0.0905 e. The van der Waals surface area contributed by atoms with Gasteiger partial charge >= 0.3 is 0 Å². The number of halogens is 1. The number of rotatable bonds is 5. The van der Waals surface area contributed by atoms with E-state index in [0.717, 1.165) is 41.1 Å². The zero-order chi connectivity index (χ0) is 14.0. The zero-order valence-electron chi connectivity index (χ0n) is 11.6. The molecule has 0 aliphatic heterocycles. The summed E-state index contributed by atoms with van der Waals surface area (Å²) in [7, 11) is 0. The highest BCUT2D eigenvalue weighted by molar-refractivity contribution is 9.10. The molecule has 0 bridgehead atoms. The summed E-state index contributed by atoms with van der Waals surface area (Å²) in [5.74, 6) is 0. The van der Waals surface area contributed by atoms with E-state index in [1.54, 1.807) is 0 Å². The van der Waals surface area contributed by atoms with Crippen LogP contribution in [-0.4, -0.2) is 19.6 Å². The third-order valence-electron chi connectivity index (χ3n) is 3.11. The average molecular weight is 326 g/mol. The van der Waals surface area contributed by atoms with Crippen LogP contribution < -0.4 is 5.73 Å². The van der Waals surface area contributed by atoms with E-state index >= 15 is 0 Å². The predicted molar refractivity (Wildman–Crippen MR) is 78.9 cm³/mol. The Hall–Kier alpha value is -1.14. The normalized spacial score (nSPS) is 12.9. The Kier molecular flexibility index (Phi) is 4.42. The first kappa shape index (κ1) is 14.3.